The van der Waals surface area contributed by atoms with Gasteiger partial charge in [0.15, 0.2) is 0 Å². The molecule has 0 spiro atoms. The molecule has 1 fully saturated rings. The Morgan fingerprint density at radius 2 is 2.17 bits per heavy atom. The van der Waals surface area contributed by atoms with Crippen LogP contribution in [0.5, 0.6) is 0 Å². The first-order valence-corrected chi connectivity index (χ1v) is 5.86. The number of aromatic nitrogens is 1. The van der Waals surface area contributed by atoms with Gasteiger partial charge in [0.05, 0.1) is 11.9 Å². The van der Waals surface area contributed by atoms with E-state index in [1.807, 2.05) is 0 Å². The summed E-state index contributed by atoms with van der Waals surface area (Å²) < 4.78 is 51.3. The van der Waals surface area contributed by atoms with Gasteiger partial charge in [-0.1, -0.05) is 0 Å². The largest absolute Gasteiger partial charge is 0.297 e. The topological polar surface area (TPSA) is 16.1 Å². The number of likely N-dealkylation sites (tertiary alicyclic amines) is 1. The Morgan fingerprint density at radius 3 is 2.83 bits per heavy atom. The van der Waals surface area contributed by atoms with Crippen molar-refractivity contribution in [2.24, 2.45) is 5.92 Å². The fourth-order valence-electron chi connectivity index (χ4n) is 2.21. The number of piperidine rings is 1. The lowest BCUT2D eigenvalue weighted by Gasteiger charge is -2.31. The molecule has 1 aliphatic rings. The van der Waals surface area contributed by atoms with Crippen LogP contribution in [0.1, 0.15) is 18.5 Å². The highest BCUT2D eigenvalue weighted by atomic mass is 19.3. The van der Waals surface area contributed by atoms with Gasteiger partial charge in [-0.15, -0.1) is 0 Å². The maximum absolute atomic E-state index is 13.4. The molecule has 0 N–H and O–H groups in total. The second-order valence-corrected chi connectivity index (χ2v) is 4.55. The molecular formula is C12H14F4N2. The molecule has 0 aromatic carbocycles. The van der Waals surface area contributed by atoms with Gasteiger partial charge >= 0.3 is 0 Å². The van der Waals surface area contributed by atoms with E-state index in [0.717, 1.165) is 12.3 Å². The lowest BCUT2D eigenvalue weighted by molar-refractivity contribution is 0.0247. The number of rotatable bonds is 3. The average molecular weight is 262 g/mol. The second-order valence-electron chi connectivity index (χ2n) is 4.55. The summed E-state index contributed by atoms with van der Waals surface area (Å²) in [6.07, 6.45) is -0.253. The van der Waals surface area contributed by atoms with Crippen molar-refractivity contribution in [3.05, 3.63) is 29.6 Å². The molecule has 0 amide bonds. The lowest BCUT2D eigenvalue weighted by atomic mass is 9.98. The van der Waals surface area contributed by atoms with Gasteiger partial charge in [0.25, 0.3) is 0 Å². The normalized spacial score (nSPS) is 21.5. The maximum Gasteiger partial charge on any atom is 0.242 e. The van der Waals surface area contributed by atoms with Crippen LogP contribution in [0.3, 0.4) is 0 Å². The molecule has 1 aliphatic heterocycles. The molecule has 1 aromatic rings. The fourth-order valence-corrected chi connectivity index (χ4v) is 2.21. The molecule has 2 heterocycles. The number of halogens is 4. The third-order valence-corrected chi connectivity index (χ3v) is 3.16. The van der Waals surface area contributed by atoms with Crippen LogP contribution < -0.4 is 0 Å². The monoisotopic (exact) mass is 262 g/mol. The zero-order chi connectivity index (χ0) is 13.1. The predicted molar refractivity (Wildman–Crippen MR) is 58.2 cm³/mol. The van der Waals surface area contributed by atoms with Crippen LogP contribution in [0.4, 0.5) is 17.6 Å². The van der Waals surface area contributed by atoms with E-state index in [1.54, 1.807) is 4.90 Å². The molecule has 1 saturated heterocycles. The highest BCUT2D eigenvalue weighted by Gasteiger charge is 2.27. The molecule has 0 aliphatic carbocycles. The van der Waals surface area contributed by atoms with E-state index >= 15 is 0 Å². The summed E-state index contributed by atoms with van der Waals surface area (Å²) in [5.41, 5.74) is 0.103. The van der Waals surface area contributed by atoms with Crippen LogP contribution in [-0.2, 0) is 6.54 Å². The van der Waals surface area contributed by atoms with Crippen molar-refractivity contribution in [3.8, 4) is 0 Å². The standard InChI is InChI=1S/C12H14F4N2/c13-9-4-10(14)11(17-5-9)7-18-3-1-2-8(6-18)12(15)16/h4-5,8,12H,1-3,6-7H2. The highest BCUT2D eigenvalue weighted by Crippen LogP contribution is 2.23. The Labute approximate surface area is 103 Å². The molecule has 2 rings (SSSR count). The van der Waals surface area contributed by atoms with Gasteiger partial charge in [-0.3, -0.25) is 9.88 Å². The zero-order valence-electron chi connectivity index (χ0n) is 9.75. The first kappa shape index (κ1) is 13.3. The van der Waals surface area contributed by atoms with Crippen molar-refractivity contribution >= 4 is 0 Å². The molecule has 6 heteroatoms. The third-order valence-electron chi connectivity index (χ3n) is 3.16. The summed E-state index contributed by atoms with van der Waals surface area (Å²) >= 11 is 0. The Kier molecular flexibility index (Phi) is 4.16. The smallest absolute Gasteiger partial charge is 0.242 e. The quantitative estimate of drug-likeness (QED) is 0.779. The van der Waals surface area contributed by atoms with Crippen LogP contribution >= 0.6 is 0 Å². The van der Waals surface area contributed by atoms with Crippen molar-refractivity contribution in [2.75, 3.05) is 13.1 Å². The summed E-state index contributed by atoms with van der Waals surface area (Å²) in [5, 5.41) is 0. The molecule has 0 saturated carbocycles. The summed E-state index contributed by atoms with van der Waals surface area (Å²) in [5.74, 6) is -2.13. The molecule has 0 radical (unpaired) electrons. The summed E-state index contributed by atoms with van der Waals surface area (Å²) in [4.78, 5) is 5.40. The van der Waals surface area contributed by atoms with Crippen LogP contribution in [0.15, 0.2) is 12.3 Å². The van der Waals surface area contributed by atoms with Gasteiger partial charge in [-0.05, 0) is 19.4 Å². The molecule has 18 heavy (non-hydrogen) atoms. The average Bonchev–Trinajstić information content (AvgIpc) is 2.33. The van der Waals surface area contributed by atoms with Gasteiger partial charge < -0.3 is 0 Å². The Morgan fingerprint density at radius 1 is 1.39 bits per heavy atom. The Hall–Kier alpha value is -1.17. The molecule has 2 nitrogen and oxygen atoms in total. The van der Waals surface area contributed by atoms with E-state index in [9.17, 15) is 17.6 Å². The number of nitrogens with zero attached hydrogens (tertiary/aromatic N) is 2. The summed E-state index contributed by atoms with van der Waals surface area (Å²) in [7, 11) is 0. The van der Waals surface area contributed by atoms with Crippen molar-refractivity contribution in [1.82, 2.24) is 9.88 Å². The van der Waals surface area contributed by atoms with Crippen molar-refractivity contribution in [2.45, 2.75) is 25.8 Å². The molecule has 0 bridgehead atoms. The predicted octanol–water partition coefficient (Wildman–Crippen LogP) is 2.84. The van der Waals surface area contributed by atoms with E-state index in [-0.39, 0.29) is 18.8 Å². The van der Waals surface area contributed by atoms with Gasteiger partial charge in [0.2, 0.25) is 6.43 Å². The molecule has 1 atom stereocenters. The lowest BCUT2D eigenvalue weighted by Crippen LogP contribution is -2.38. The van der Waals surface area contributed by atoms with Gasteiger partial charge in [-0.2, -0.15) is 0 Å². The third kappa shape index (κ3) is 3.19. The molecule has 1 unspecified atom stereocenters. The Bertz CT molecular complexity index is 411. The van der Waals surface area contributed by atoms with E-state index in [0.29, 0.717) is 19.4 Å². The summed E-state index contributed by atoms with van der Waals surface area (Å²) in [6, 6.07) is 0.761. The number of pyridine rings is 1. The first-order chi connectivity index (χ1) is 8.56. The number of hydrogen-bond acceptors (Lipinski definition) is 2. The van der Waals surface area contributed by atoms with Crippen LogP contribution in [0.2, 0.25) is 0 Å². The Balaban J connectivity index is 2.00. The highest BCUT2D eigenvalue weighted by molar-refractivity contribution is 5.08. The van der Waals surface area contributed by atoms with Crippen molar-refractivity contribution < 1.29 is 17.6 Å². The van der Waals surface area contributed by atoms with Crippen molar-refractivity contribution in [3.63, 3.8) is 0 Å². The second kappa shape index (κ2) is 5.65. The van der Waals surface area contributed by atoms with E-state index < -0.39 is 24.0 Å². The first-order valence-electron chi connectivity index (χ1n) is 5.86. The van der Waals surface area contributed by atoms with Gasteiger partial charge in [0, 0.05) is 25.1 Å². The van der Waals surface area contributed by atoms with Gasteiger partial charge in [0.1, 0.15) is 11.6 Å². The fraction of sp³-hybridized carbons (Fsp3) is 0.583. The summed E-state index contributed by atoms with van der Waals surface area (Å²) in [6.45, 7) is 1.02. The minimum absolute atomic E-state index is 0.103. The van der Waals surface area contributed by atoms with Crippen LogP contribution in [-0.4, -0.2) is 29.4 Å². The molecular weight excluding hydrogens is 248 g/mol. The van der Waals surface area contributed by atoms with Gasteiger partial charge in [-0.25, -0.2) is 17.6 Å². The SMILES string of the molecule is Fc1cnc(CN2CCCC(C(F)F)C2)c(F)c1. The number of alkyl halides is 2. The van der Waals surface area contributed by atoms with E-state index in [4.69, 9.17) is 0 Å². The minimum Gasteiger partial charge on any atom is -0.297 e. The van der Waals surface area contributed by atoms with Crippen LogP contribution in [0, 0.1) is 17.6 Å². The van der Waals surface area contributed by atoms with Crippen LogP contribution in [0.25, 0.3) is 0 Å². The van der Waals surface area contributed by atoms with E-state index in [2.05, 4.69) is 4.98 Å². The molecule has 100 valence electrons. The molecule has 1 aromatic heterocycles. The van der Waals surface area contributed by atoms with Crippen molar-refractivity contribution in [1.29, 1.82) is 0 Å². The number of hydrogen-bond donors (Lipinski definition) is 0. The zero-order valence-corrected chi connectivity index (χ0v) is 9.75. The van der Waals surface area contributed by atoms with E-state index in [1.165, 1.54) is 0 Å². The maximum atomic E-state index is 13.4. The minimum atomic E-state index is -2.35.